The molecule has 1 fully saturated rings. The van der Waals surface area contributed by atoms with E-state index in [2.05, 4.69) is 0 Å². The number of hydrogen-bond donors (Lipinski definition) is 2. The first-order chi connectivity index (χ1) is 16.7. The highest BCUT2D eigenvalue weighted by Crippen LogP contribution is 2.40. The summed E-state index contributed by atoms with van der Waals surface area (Å²) < 4.78 is 38.1. The fraction of sp³-hybridized carbons (Fsp3) is 0.333. The van der Waals surface area contributed by atoms with Crippen LogP contribution < -0.4 is 14.6 Å². The first-order valence-corrected chi connectivity index (χ1v) is 13.0. The molecule has 0 atom stereocenters. The number of phenolic OH excluding ortho intramolecular Hbond substituents is 1. The molecule has 3 aromatic rings. The highest BCUT2D eigenvalue weighted by molar-refractivity contribution is 7.93. The summed E-state index contributed by atoms with van der Waals surface area (Å²) in [5.41, 5.74) is -1.32. The summed E-state index contributed by atoms with van der Waals surface area (Å²) in [6, 6.07) is 6.71. The van der Waals surface area contributed by atoms with E-state index in [-0.39, 0.29) is 56.7 Å². The number of nitrogens with zero attached hydrogens (tertiary/aromatic N) is 2. The standard InChI is InChI=1S/C24H25ClN2O8S/c1-24(2,3)35-23(31)26(4)14-11-15-19(29)20(30)21(13-6-7-18(28)16(25)10-13)34-22(15)17(12-14)27-8-5-9-36(27,32)33/h6-7,10-12,28,30H,5,8-9H2,1-4H3. The number of benzene rings is 2. The lowest BCUT2D eigenvalue weighted by Gasteiger charge is -2.26. The second-order valence-electron chi connectivity index (χ2n) is 9.40. The summed E-state index contributed by atoms with van der Waals surface area (Å²) in [7, 11) is -2.29. The van der Waals surface area contributed by atoms with Crippen LogP contribution in [0.1, 0.15) is 27.2 Å². The summed E-state index contributed by atoms with van der Waals surface area (Å²) in [5, 5.41) is 20.3. The van der Waals surface area contributed by atoms with Crippen LogP contribution in [0.4, 0.5) is 16.2 Å². The Hall–Kier alpha value is -3.44. The minimum absolute atomic E-state index is 0.0358. The molecule has 0 bridgehead atoms. The van der Waals surface area contributed by atoms with Gasteiger partial charge >= 0.3 is 6.09 Å². The van der Waals surface area contributed by atoms with Crippen LogP contribution in [0.15, 0.2) is 39.5 Å². The molecule has 192 valence electrons. The van der Waals surface area contributed by atoms with Gasteiger partial charge in [0.25, 0.3) is 0 Å². The number of anilines is 2. The first-order valence-electron chi connectivity index (χ1n) is 11.0. The third-order valence-electron chi connectivity index (χ3n) is 5.57. The molecule has 2 N–H and O–H groups in total. The molecule has 4 rings (SSSR count). The summed E-state index contributed by atoms with van der Waals surface area (Å²) in [4.78, 5) is 27.1. The van der Waals surface area contributed by atoms with Crippen molar-refractivity contribution < 1.29 is 32.6 Å². The fourth-order valence-corrected chi connectivity index (χ4v) is 5.56. The van der Waals surface area contributed by atoms with Crippen LogP contribution in [0, 0.1) is 0 Å². The van der Waals surface area contributed by atoms with Crippen molar-refractivity contribution in [1.29, 1.82) is 0 Å². The van der Waals surface area contributed by atoms with E-state index in [0.29, 0.717) is 6.42 Å². The van der Waals surface area contributed by atoms with E-state index in [1.807, 2.05) is 0 Å². The molecule has 0 unspecified atom stereocenters. The largest absolute Gasteiger partial charge is 0.506 e. The van der Waals surface area contributed by atoms with Gasteiger partial charge < -0.3 is 19.4 Å². The number of carbonyl (C=O) groups excluding carboxylic acids is 1. The van der Waals surface area contributed by atoms with Gasteiger partial charge in [-0.05, 0) is 57.5 Å². The Morgan fingerprint density at radius 3 is 2.47 bits per heavy atom. The van der Waals surface area contributed by atoms with E-state index in [1.165, 1.54) is 37.4 Å². The molecule has 0 saturated carbocycles. The number of hydrogen-bond acceptors (Lipinski definition) is 8. The van der Waals surface area contributed by atoms with E-state index >= 15 is 0 Å². The molecule has 2 aromatic carbocycles. The minimum atomic E-state index is -3.72. The molecule has 0 aliphatic carbocycles. The van der Waals surface area contributed by atoms with Crippen LogP contribution in [0.5, 0.6) is 11.5 Å². The zero-order valence-corrected chi connectivity index (χ0v) is 21.6. The number of fused-ring (bicyclic) bond motifs is 1. The highest BCUT2D eigenvalue weighted by Gasteiger charge is 2.33. The summed E-state index contributed by atoms with van der Waals surface area (Å²) in [6.07, 6.45) is -0.361. The average Bonchev–Trinajstić information content (AvgIpc) is 3.14. The molecule has 1 amide bonds. The Balaban J connectivity index is 1.99. The average molecular weight is 537 g/mol. The van der Waals surface area contributed by atoms with E-state index in [4.69, 9.17) is 20.8 Å². The van der Waals surface area contributed by atoms with Gasteiger partial charge in [0.1, 0.15) is 11.4 Å². The van der Waals surface area contributed by atoms with Crippen LogP contribution in [0.25, 0.3) is 22.3 Å². The second kappa shape index (κ2) is 8.90. The quantitative estimate of drug-likeness (QED) is 0.501. The molecule has 1 saturated heterocycles. The highest BCUT2D eigenvalue weighted by atomic mass is 35.5. The predicted octanol–water partition coefficient (Wildman–Crippen LogP) is 4.44. The molecule has 36 heavy (non-hydrogen) atoms. The maximum Gasteiger partial charge on any atom is 0.414 e. The Bertz CT molecular complexity index is 1540. The van der Waals surface area contributed by atoms with Crippen molar-refractivity contribution in [3.63, 3.8) is 0 Å². The zero-order chi connectivity index (χ0) is 26.6. The molecular formula is C24H25ClN2O8S. The number of phenols is 1. The van der Waals surface area contributed by atoms with Crippen LogP contribution >= 0.6 is 11.6 Å². The second-order valence-corrected chi connectivity index (χ2v) is 11.8. The van der Waals surface area contributed by atoms with Crippen molar-refractivity contribution in [3.05, 3.63) is 45.6 Å². The van der Waals surface area contributed by atoms with Crippen molar-refractivity contribution in [1.82, 2.24) is 0 Å². The Morgan fingerprint density at radius 2 is 1.89 bits per heavy atom. The molecular weight excluding hydrogens is 512 g/mol. The van der Waals surface area contributed by atoms with Gasteiger partial charge in [-0.15, -0.1) is 0 Å². The van der Waals surface area contributed by atoms with Gasteiger partial charge in [-0.1, -0.05) is 11.6 Å². The molecule has 1 aliphatic rings. The number of carbonyl (C=O) groups is 1. The summed E-state index contributed by atoms with van der Waals surface area (Å²) in [5.74, 6) is -1.29. The van der Waals surface area contributed by atoms with Gasteiger partial charge in [0.15, 0.2) is 11.3 Å². The molecule has 0 spiro atoms. The van der Waals surface area contributed by atoms with Crippen molar-refractivity contribution in [3.8, 4) is 22.8 Å². The summed E-state index contributed by atoms with van der Waals surface area (Å²) in [6.45, 7) is 5.24. The molecule has 2 heterocycles. The normalized spacial score (nSPS) is 15.3. The van der Waals surface area contributed by atoms with Gasteiger partial charge in [-0.25, -0.2) is 13.2 Å². The van der Waals surface area contributed by atoms with Crippen LogP contribution in [-0.2, 0) is 14.8 Å². The number of ether oxygens (including phenoxy) is 1. The number of rotatable bonds is 3. The van der Waals surface area contributed by atoms with E-state index < -0.39 is 32.9 Å². The number of amides is 1. The van der Waals surface area contributed by atoms with E-state index in [1.54, 1.807) is 20.8 Å². The maximum atomic E-state index is 13.3. The zero-order valence-electron chi connectivity index (χ0n) is 20.0. The third-order valence-corrected chi connectivity index (χ3v) is 7.72. The monoisotopic (exact) mass is 536 g/mol. The van der Waals surface area contributed by atoms with Crippen LogP contribution in [0.2, 0.25) is 5.02 Å². The number of halogens is 1. The van der Waals surface area contributed by atoms with Crippen molar-refractivity contribution in [2.45, 2.75) is 32.8 Å². The maximum absolute atomic E-state index is 13.3. The number of aromatic hydroxyl groups is 2. The van der Waals surface area contributed by atoms with Gasteiger partial charge in [0.05, 0.1) is 21.8 Å². The molecule has 1 aliphatic heterocycles. The molecule has 10 nitrogen and oxygen atoms in total. The lowest BCUT2D eigenvalue weighted by atomic mass is 10.1. The van der Waals surface area contributed by atoms with Crippen molar-refractivity contribution in [2.75, 3.05) is 28.6 Å². The SMILES string of the molecule is CN(C(=O)OC(C)(C)C)c1cc(N2CCCS2(=O)=O)c2oc(-c3ccc(O)c(Cl)c3)c(O)c(=O)c2c1. The predicted molar refractivity (Wildman–Crippen MR) is 137 cm³/mol. The van der Waals surface area contributed by atoms with E-state index in [0.717, 1.165) is 9.21 Å². The Labute approximate surface area is 212 Å². The topological polar surface area (TPSA) is 138 Å². The first kappa shape index (κ1) is 25.6. The molecule has 12 heteroatoms. The Morgan fingerprint density at radius 1 is 1.19 bits per heavy atom. The van der Waals surface area contributed by atoms with Crippen LogP contribution in [-0.4, -0.2) is 49.7 Å². The molecule has 0 radical (unpaired) electrons. The van der Waals surface area contributed by atoms with Crippen LogP contribution in [0.3, 0.4) is 0 Å². The molecule has 1 aromatic heterocycles. The van der Waals surface area contributed by atoms with E-state index in [9.17, 15) is 28.2 Å². The Kier molecular flexibility index (Phi) is 6.34. The van der Waals surface area contributed by atoms with Crippen molar-refractivity contribution in [2.24, 2.45) is 0 Å². The van der Waals surface area contributed by atoms with Gasteiger partial charge in [-0.2, -0.15) is 0 Å². The summed E-state index contributed by atoms with van der Waals surface area (Å²) >= 11 is 5.99. The van der Waals surface area contributed by atoms with Crippen molar-refractivity contribution >= 4 is 50.1 Å². The minimum Gasteiger partial charge on any atom is -0.506 e. The lowest BCUT2D eigenvalue weighted by Crippen LogP contribution is -2.34. The smallest absolute Gasteiger partial charge is 0.414 e. The third kappa shape index (κ3) is 4.68. The van der Waals surface area contributed by atoms with Gasteiger partial charge in [0, 0.05) is 24.8 Å². The fourth-order valence-electron chi connectivity index (χ4n) is 3.82. The van der Waals surface area contributed by atoms with Gasteiger partial charge in [0.2, 0.25) is 21.2 Å². The van der Waals surface area contributed by atoms with Gasteiger partial charge in [-0.3, -0.25) is 14.0 Å². The number of sulfonamides is 1. The lowest BCUT2D eigenvalue weighted by molar-refractivity contribution is 0.0589.